The normalized spacial score (nSPS) is 15.0. The maximum absolute atomic E-state index is 13.0. The smallest absolute Gasteiger partial charge is 0.517 e. The van der Waals surface area contributed by atoms with E-state index < -0.39 is 88.8 Å². The molecule has 42 heavy (non-hydrogen) atoms. The molecule has 0 aromatic rings. The summed E-state index contributed by atoms with van der Waals surface area (Å²) in [6.07, 6.45) is -58.9. The van der Waals surface area contributed by atoms with Gasteiger partial charge in [0.05, 0.1) is 33.0 Å². The molecule has 0 aliphatic carbocycles. The molecule has 0 amide bonds. The Bertz CT molecular complexity index is 651. The van der Waals surface area contributed by atoms with Crippen LogP contribution in [-0.2, 0) is 32.8 Å². The van der Waals surface area contributed by atoms with Crippen LogP contribution in [-0.4, -0.2) is 109 Å². The van der Waals surface area contributed by atoms with Gasteiger partial charge in [0.1, 0.15) is 0 Å². The lowest BCUT2D eigenvalue weighted by Crippen LogP contribution is -2.65. The molecule has 26 heteroatoms. The Balaban J connectivity index is 6.80. The summed E-state index contributed by atoms with van der Waals surface area (Å²) in [5.74, 6) is 0. The van der Waals surface area contributed by atoms with E-state index in [0.29, 0.717) is 0 Å². The monoisotopic (exact) mass is 675 g/mol. The first-order chi connectivity index (χ1) is 18.6. The summed E-state index contributed by atoms with van der Waals surface area (Å²) in [6, 6.07) is 0. The van der Waals surface area contributed by atoms with Crippen LogP contribution in [0.2, 0.25) is 0 Å². The van der Waals surface area contributed by atoms with Crippen LogP contribution in [0.3, 0.4) is 0 Å². The average Bonchev–Trinajstić information content (AvgIpc) is 2.73. The Hall–Kier alpha value is -1.48. The van der Waals surface area contributed by atoms with E-state index in [4.69, 9.17) is 4.74 Å². The van der Waals surface area contributed by atoms with E-state index >= 15 is 0 Å². The predicted octanol–water partition coefficient (Wildman–Crippen LogP) is 5.65. The molecule has 0 spiro atoms. The van der Waals surface area contributed by atoms with Crippen LogP contribution in [0.1, 0.15) is 0 Å². The zero-order valence-corrected chi connectivity index (χ0v) is 20.2. The number of alkyl halides is 18. The van der Waals surface area contributed by atoms with Crippen molar-refractivity contribution in [2.24, 2.45) is 0 Å². The van der Waals surface area contributed by atoms with Gasteiger partial charge in [-0.2, -0.15) is 79.0 Å². The maximum atomic E-state index is 13.0. The minimum atomic E-state index is -7.03. The number of halogens is 18. The van der Waals surface area contributed by atoms with E-state index in [2.05, 4.69) is 28.1 Å². The number of ether oxygens (including phenoxy) is 3. The molecule has 0 aromatic heterocycles. The largest absolute Gasteiger partial charge is 0.533 e. The summed E-state index contributed by atoms with van der Waals surface area (Å²) in [5, 5.41) is 0. The van der Waals surface area contributed by atoms with Crippen molar-refractivity contribution in [2.45, 2.75) is 55.4 Å². The minimum Gasteiger partial charge on any atom is -0.517 e. The van der Waals surface area contributed by atoms with Gasteiger partial charge in [0, 0.05) is 13.7 Å². The molecule has 0 aliphatic heterocycles. The SMILES string of the molecule is COCCOCCOCCO[B-](OC(C(F)(F)F)C(F)(F)F)(OC(C(F)(F)F)C(F)(F)F)OC(C(F)(F)F)C(F)(F)F. The van der Waals surface area contributed by atoms with Crippen molar-refractivity contribution in [3.05, 3.63) is 0 Å². The first-order valence-electron chi connectivity index (χ1n) is 10.4. The van der Waals surface area contributed by atoms with Gasteiger partial charge >= 0.3 is 44.0 Å². The molecule has 0 N–H and O–H groups in total. The van der Waals surface area contributed by atoms with E-state index in [1.54, 1.807) is 0 Å². The van der Waals surface area contributed by atoms with Gasteiger partial charge in [-0.05, 0) is 0 Å². The van der Waals surface area contributed by atoms with Crippen LogP contribution in [0, 0.1) is 0 Å². The zero-order chi connectivity index (χ0) is 33.4. The number of rotatable bonds is 16. The standard InChI is InChI=1S/C16H18BF18O7/c1-36-2-3-37-4-5-38-6-7-39-17(40-8(11(18,19)20)12(21,22)23,41-9(13(24,25)26)14(27,28)29)42-10(15(30,31)32)16(33,34)35/h8-10H,2-7H2,1H3/q-1. The number of hydrogen-bond acceptors (Lipinski definition) is 7. The average molecular weight is 675 g/mol. The van der Waals surface area contributed by atoms with Crippen LogP contribution in [0.5, 0.6) is 0 Å². The van der Waals surface area contributed by atoms with Gasteiger partial charge in [0.2, 0.25) is 18.3 Å². The molecule has 0 bridgehead atoms. The van der Waals surface area contributed by atoms with Gasteiger partial charge in [-0.3, -0.25) is 0 Å². The van der Waals surface area contributed by atoms with Crippen LogP contribution >= 0.6 is 0 Å². The van der Waals surface area contributed by atoms with E-state index in [1.165, 1.54) is 7.11 Å². The maximum Gasteiger partial charge on any atom is 0.533 e. The molecule has 254 valence electrons. The van der Waals surface area contributed by atoms with Gasteiger partial charge < -0.3 is 32.8 Å². The summed E-state index contributed by atoms with van der Waals surface area (Å²) in [4.78, 5) is 0. The van der Waals surface area contributed by atoms with E-state index in [0.717, 1.165) is 0 Å². The lowest BCUT2D eigenvalue weighted by atomic mass is 10.00. The minimum absolute atomic E-state index is 0.0128. The Morgan fingerprint density at radius 3 is 0.881 bits per heavy atom. The summed E-state index contributed by atoms with van der Waals surface area (Å²) in [7, 11) is 1.24. The summed E-state index contributed by atoms with van der Waals surface area (Å²) < 4.78 is 261. The van der Waals surface area contributed by atoms with Crippen LogP contribution in [0.15, 0.2) is 0 Å². The highest BCUT2D eigenvalue weighted by atomic mass is 19.4. The summed E-state index contributed by atoms with van der Waals surface area (Å²) in [6.45, 7) is -11.4. The Morgan fingerprint density at radius 1 is 0.405 bits per heavy atom. The van der Waals surface area contributed by atoms with E-state index in [1.807, 2.05) is 0 Å². The highest BCUT2D eigenvalue weighted by Crippen LogP contribution is 2.45. The van der Waals surface area contributed by atoms with Gasteiger partial charge in [-0.1, -0.05) is 0 Å². The van der Waals surface area contributed by atoms with Gasteiger partial charge in [-0.15, -0.1) is 0 Å². The molecule has 0 fully saturated rings. The zero-order valence-electron chi connectivity index (χ0n) is 20.2. The fourth-order valence-electron chi connectivity index (χ4n) is 2.45. The second-order valence-electron chi connectivity index (χ2n) is 7.46. The lowest BCUT2D eigenvalue weighted by Gasteiger charge is -2.48. The third-order valence-corrected chi connectivity index (χ3v) is 4.05. The second kappa shape index (κ2) is 15.0. The second-order valence-corrected chi connectivity index (χ2v) is 7.46. The highest BCUT2D eigenvalue weighted by molar-refractivity contribution is 6.53. The van der Waals surface area contributed by atoms with Crippen molar-refractivity contribution < 1.29 is 112 Å². The van der Waals surface area contributed by atoms with Crippen LogP contribution < -0.4 is 0 Å². The molecule has 0 rings (SSSR count). The fraction of sp³-hybridized carbons (Fsp3) is 1.00. The highest BCUT2D eigenvalue weighted by Gasteiger charge is 2.67. The molecule has 0 aliphatic rings. The van der Waals surface area contributed by atoms with Gasteiger partial charge in [-0.25, -0.2) is 0 Å². The van der Waals surface area contributed by atoms with Crippen molar-refractivity contribution in [2.75, 3.05) is 46.8 Å². The van der Waals surface area contributed by atoms with E-state index in [9.17, 15) is 79.0 Å². The predicted molar refractivity (Wildman–Crippen MR) is 96.2 cm³/mol. The summed E-state index contributed by atoms with van der Waals surface area (Å²) >= 11 is 0. The van der Waals surface area contributed by atoms with Gasteiger partial charge in [0.15, 0.2) is 0 Å². The van der Waals surface area contributed by atoms with Crippen molar-refractivity contribution in [3.8, 4) is 0 Å². The number of methoxy groups -OCH3 is 1. The molecule has 0 radical (unpaired) electrons. The summed E-state index contributed by atoms with van der Waals surface area (Å²) in [5.41, 5.74) is 0. The molecule has 0 atom stereocenters. The molecule has 0 aromatic carbocycles. The Kier molecular flexibility index (Phi) is 14.5. The molecule has 0 saturated carbocycles. The molecule has 0 unspecified atom stereocenters. The first kappa shape index (κ1) is 40.5. The number of hydrogen-bond donors (Lipinski definition) is 0. The van der Waals surface area contributed by atoms with Crippen molar-refractivity contribution in [1.29, 1.82) is 0 Å². The third kappa shape index (κ3) is 14.3. The molecule has 7 nitrogen and oxygen atoms in total. The lowest BCUT2D eigenvalue weighted by molar-refractivity contribution is -0.354. The van der Waals surface area contributed by atoms with Crippen molar-refractivity contribution in [3.63, 3.8) is 0 Å². The Labute approximate surface area is 222 Å². The molecule has 0 saturated heterocycles. The van der Waals surface area contributed by atoms with Crippen LogP contribution in [0.4, 0.5) is 79.0 Å². The molecular weight excluding hydrogens is 657 g/mol. The molecular formula is C16H18BF18O7-. The van der Waals surface area contributed by atoms with Crippen LogP contribution in [0.25, 0.3) is 0 Å². The van der Waals surface area contributed by atoms with Crippen molar-refractivity contribution in [1.82, 2.24) is 0 Å². The van der Waals surface area contributed by atoms with E-state index in [-0.39, 0.29) is 13.2 Å². The fourth-order valence-corrected chi connectivity index (χ4v) is 2.45. The quantitative estimate of drug-likeness (QED) is 0.119. The van der Waals surface area contributed by atoms with Crippen molar-refractivity contribution >= 4 is 6.96 Å². The Morgan fingerprint density at radius 2 is 0.643 bits per heavy atom. The molecule has 0 heterocycles. The third-order valence-electron chi connectivity index (χ3n) is 4.05. The van der Waals surface area contributed by atoms with Gasteiger partial charge in [0.25, 0.3) is 0 Å². The topological polar surface area (TPSA) is 64.6 Å². The first-order valence-corrected chi connectivity index (χ1v) is 10.4.